The molecule has 0 saturated heterocycles. The van der Waals surface area contributed by atoms with Gasteiger partial charge in [0.2, 0.25) is 0 Å². The van der Waals surface area contributed by atoms with Crippen LogP contribution in [0.15, 0.2) is 6.20 Å². The third-order valence-corrected chi connectivity index (χ3v) is 3.39. The normalized spacial score (nSPS) is 11.5. The molecule has 0 aliphatic carbocycles. The van der Waals surface area contributed by atoms with Gasteiger partial charge < -0.3 is 0 Å². The fourth-order valence-electron chi connectivity index (χ4n) is 1.14. The van der Waals surface area contributed by atoms with Crippen LogP contribution in [0, 0.1) is 5.92 Å². The Kier molecular flexibility index (Phi) is 3.91. The van der Waals surface area contributed by atoms with Gasteiger partial charge in [0, 0.05) is 17.0 Å². The van der Waals surface area contributed by atoms with Crippen molar-refractivity contribution in [1.82, 2.24) is 4.98 Å². The molecule has 0 radical (unpaired) electrons. The first-order valence-corrected chi connectivity index (χ1v) is 5.86. The highest BCUT2D eigenvalue weighted by Gasteiger charge is 2.05. The Morgan fingerprint density at radius 1 is 1.31 bits per heavy atom. The largest absolute Gasteiger partial charge is 0.249 e. The van der Waals surface area contributed by atoms with E-state index in [9.17, 15) is 0 Å². The Morgan fingerprint density at radius 3 is 2.46 bits per heavy atom. The molecule has 1 aromatic heterocycles. The standard InChI is InChI=1S/C11H19NS/c1-8(2)5-6-10-7-12-11(13-10)9(3)4/h7-9H,5-6H2,1-4H3. The average molecular weight is 197 g/mol. The van der Waals surface area contributed by atoms with Gasteiger partial charge in [0.25, 0.3) is 0 Å². The summed E-state index contributed by atoms with van der Waals surface area (Å²) in [6.45, 7) is 8.94. The molecule has 0 spiro atoms. The molecule has 0 amide bonds. The zero-order valence-electron chi connectivity index (χ0n) is 9.00. The predicted octanol–water partition coefficient (Wildman–Crippen LogP) is 3.86. The fraction of sp³-hybridized carbons (Fsp3) is 0.727. The zero-order valence-corrected chi connectivity index (χ0v) is 9.82. The molecule has 2 heteroatoms. The lowest BCUT2D eigenvalue weighted by molar-refractivity contribution is 0.589. The number of aromatic nitrogens is 1. The van der Waals surface area contributed by atoms with Crippen molar-refractivity contribution in [2.24, 2.45) is 5.92 Å². The summed E-state index contributed by atoms with van der Waals surface area (Å²) in [5.41, 5.74) is 0. The molecule has 1 heterocycles. The number of aryl methyl sites for hydroxylation is 1. The summed E-state index contributed by atoms with van der Waals surface area (Å²) in [6, 6.07) is 0. The van der Waals surface area contributed by atoms with Crippen LogP contribution in [0.4, 0.5) is 0 Å². The maximum atomic E-state index is 4.41. The van der Waals surface area contributed by atoms with Crippen molar-refractivity contribution in [2.75, 3.05) is 0 Å². The number of hydrogen-bond donors (Lipinski definition) is 0. The van der Waals surface area contributed by atoms with E-state index in [0.717, 1.165) is 5.92 Å². The monoisotopic (exact) mass is 197 g/mol. The van der Waals surface area contributed by atoms with Crippen molar-refractivity contribution >= 4 is 11.3 Å². The highest BCUT2D eigenvalue weighted by atomic mass is 32.1. The maximum Gasteiger partial charge on any atom is 0.0953 e. The highest BCUT2D eigenvalue weighted by Crippen LogP contribution is 2.22. The Hall–Kier alpha value is -0.370. The molecule has 1 rings (SSSR count). The second-order valence-corrected chi connectivity index (χ2v) is 5.40. The van der Waals surface area contributed by atoms with E-state index in [1.165, 1.54) is 22.7 Å². The predicted molar refractivity (Wildman–Crippen MR) is 59.4 cm³/mol. The van der Waals surface area contributed by atoms with E-state index >= 15 is 0 Å². The van der Waals surface area contributed by atoms with Gasteiger partial charge in [0.05, 0.1) is 5.01 Å². The number of rotatable bonds is 4. The van der Waals surface area contributed by atoms with Crippen LogP contribution in [0.2, 0.25) is 0 Å². The first-order chi connectivity index (χ1) is 6.09. The van der Waals surface area contributed by atoms with Crippen LogP contribution in [0.1, 0.15) is 49.9 Å². The topological polar surface area (TPSA) is 12.9 Å². The first kappa shape index (κ1) is 10.7. The second-order valence-electron chi connectivity index (χ2n) is 4.25. The molecule has 1 nitrogen and oxygen atoms in total. The van der Waals surface area contributed by atoms with Gasteiger partial charge in [-0.05, 0) is 18.8 Å². The molecule has 0 unspecified atom stereocenters. The van der Waals surface area contributed by atoms with Crippen LogP contribution in [-0.2, 0) is 6.42 Å². The quantitative estimate of drug-likeness (QED) is 0.714. The molecule has 0 aromatic carbocycles. The van der Waals surface area contributed by atoms with Crippen molar-refractivity contribution in [2.45, 2.75) is 46.5 Å². The van der Waals surface area contributed by atoms with Crippen LogP contribution in [-0.4, -0.2) is 4.98 Å². The van der Waals surface area contributed by atoms with Crippen molar-refractivity contribution in [3.63, 3.8) is 0 Å². The average Bonchev–Trinajstić information content (AvgIpc) is 2.48. The summed E-state index contributed by atoms with van der Waals surface area (Å²) in [4.78, 5) is 5.85. The summed E-state index contributed by atoms with van der Waals surface area (Å²) >= 11 is 1.87. The smallest absolute Gasteiger partial charge is 0.0953 e. The number of thiazole rings is 1. The van der Waals surface area contributed by atoms with Crippen LogP contribution in [0.5, 0.6) is 0 Å². The Balaban J connectivity index is 2.49. The minimum Gasteiger partial charge on any atom is -0.249 e. The van der Waals surface area contributed by atoms with Gasteiger partial charge in [-0.1, -0.05) is 27.7 Å². The third-order valence-electron chi connectivity index (χ3n) is 2.03. The summed E-state index contributed by atoms with van der Waals surface area (Å²) in [5.74, 6) is 1.38. The van der Waals surface area contributed by atoms with Gasteiger partial charge >= 0.3 is 0 Å². The zero-order chi connectivity index (χ0) is 9.84. The second kappa shape index (κ2) is 4.75. The van der Waals surface area contributed by atoms with E-state index in [-0.39, 0.29) is 0 Å². The molecule has 13 heavy (non-hydrogen) atoms. The lowest BCUT2D eigenvalue weighted by atomic mass is 10.1. The van der Waals surface area contributed by atoms with Crippen molar-refractivity contribution in [1.29, 1.82) is 0 Å². The van der Waals surface area contributed by atoms with E-state index in [1.54, 1.807) is 0 Å². The number of nitrogens with zero attached hydrogens (tertiary/aromatic N) is 1. The minimum atomic E-state index is 0.581. The summed E-state index contributed by atoms with van der Waals surface area (Å²) in [5, 5.41) is 1.28. The Labute approximate surface area is 85.2 Å². The van der Waals surface area contributed by atoms with Gasteiger partial charge in [-0.2, -0.15) is 0 Å². The lowest BCUT2D eigenvalue weighted by Crippen LogP contribution is -1.89. The Bertz CT molecular complexity index is 250. The first-order valence-electron chi connectivity index (χ1n) is 5.04. The molecule has 1 aromatic rings. The molecule has 0 N–H and O–H groups in total. The van der Waals surface area contributed by atoms with Crippen LogP contribution in [0.3, 0.4) is 0 Å². The van der Waals surface area contributed by atoms with Crippen LogP contribution < -0.4 is 0 Å². The summed E-state index contributed by atoms with van der Waals surface area (Å²) in [6.07, 6.45) is 4.52. The lowest BCUT2D eigenvalue weighted by Gasteiger charge is -2.00. The summed E-state index contributed by atoms with van der Waals surface area (Å²) < 4.78 is 0. The van der Waals surface area contributed by atoms with Crippen LogP contribution in [0.25, 0.3) is 0 Å². The molecule has 0 bridgehead atoms. The van der Waals surface area contributed by atoms with E-state index in [4.69, 9.17) is 0 Å². The van der Waals surface area contributed by atoms with E-state index in [1.807, 2.05) is 17.5 Å². The van der Waals surface area contributed by atoms with Gasteiger partial charge in [-0.15, -0.1) is 11.3 Å². The summed E-state index contributed by atoms with van der Waals surface area (Å²) in [7, 11) is 0. The molecular formula is C11H19NS. The third kappa shape index (κ3) is 3.47. The van der Waals surface area contributed by atoms with Gasteiger partial charge in [-0.3, -0.25) is 0 Å². The van der Waals surface area contributed by atoms with Gasteiger partial charge in [0.1, 0.15) is 0 Å². The van der Waals surface area contributed by atoms with Crippen molar-refractivity contribution < 1.29 is 0 Å². The van der Waals surface area contributed by atoms with Crippen molar-refractivity contribution in [3.8, 4) is 0 Å². The van der Waals surface area contributed by atoms with E-state index < -0.39 is 0 Å². The van der Waals surface area contributed by atoms with Crippen LogP contribution >= 0.6 is 11.3 Å². The molecule has 0 fully saturated rings. The van der Waals surface area contributed by atoms with Gasteiger partial charge in [0.15, 0.2) is 0 Å². The van der Waals surface area contributed by atoms with Gasteiger partial charge in [-0.25, -0.2) is 4.98 Å². The SMILES string of the molecule is CC(C)CCc1cnc(C(C)C)s1. The highest BCUT2D eigenvalue weighted by molar-refractivity contribution is 7.11. The maximum absolute atomic E-state index is 4.41. The van der Waals surface area contributed by atoms with E-state index in [0.29, 0.717) is 5.92 Å². The molecule has 0 aliphatic heterocycles. The van der Waals surface area contributed by atoms with E-state index in [2.05, 4.69) is 32.7 Å². The van der Waals surface area contributed by atoms with Crippen molar-refractivity contribution in [3.05, 3.63) is 16.1 Å². The Morgan fingerprint density at radius 2 is 2.00 bits per heavy atom. The molecular weight excluding hydrogens is 178 g/mol. The molecule has 0 aliphatic rings. The number of hydrogen-bond acceptors (Lipinski definition) is 2. The fourth-order valence-corrected chi connectivity index (χ4v) is 2.07. The minimum absolute atomic E-state index is 0.581. The molecule has 0 saturated carbocycles. The molecule has 0 atom stereocenters. The molecule has 74 valence electrons.